The minimum Gasteiger partial charge on any atom is -0.493 e. The Bertz CT molecular complexity index is 1280. The number of thiazole rings is 1. The Labute approximate surface area is 182 Å². The van der Waals surface area contributed by atoms with E-state index < -0.39 is 5.97 Å². The van der Waals surface area contributed by atoms with Crippen molar-refractivity contribution in [1.82, 2.24) is 9.97 Å². The second-order valence-electron chi connectivity index (χ2n) is 7.03. The molecule has 0 radical (unpaired) electrons. The predicted octanol–water partition coefficient (Wildman–Crippen LogP) is 5.05. The van der Waals surface area contributed by atoms with Crippen LogP contribution in [0.2, 0.25) is 0 Å². The number of carboxylic acid groups (broad SMARTS) is 1. The molecule has 0 amide bonds. The third-order valence-corrected chi connectivity index (χ3v) is 5.89. The van der Waals surface area contributed by atoms with Gasteiger partial charge in [-0.05, 0) is 55.3 Å². The van der Waals surface area contributed by atoms with E-state index in [0.29, 0.717) is 12.3 Å². The van der Waals surface area contributed by atoms with Crippen LogP contribution >= 0.6 is 11.3 Å². The normalized spacial score (nSPS) is 14.6. The number of pyridine rings is 1. The maximum atomic E-state index is 11.3. The summed E-state index contributed by atoms with van der Waals surface area (Å²) in [6.45, 7) is 0.610. The van der Waals surface area contributed by atoms with Crippen molar-refractivity contribution in [3.05, 3.63) is 71.9 Å². The number of nitrogens with one attached hydrogen (secondary N) is 1. The maximum absolute atomic E-state index is 11.3. The summed E-state index contributed by atoms with van der Waals surface area (Å²) in [7, 11) is 0. The van der Waals surface area contributed by atoms with Crippen LogP contribution in [0, 0.1) is 0 Å². The van der Waals surface area contributed by atoms with Crippen molar-refractivity contribution in [1.29, 1.82) is 0 Å². The Morgan fingerprint density at radius 3 is 2.87 bits per heavy atom. The first-order valence-electron chi connectivity index (χ1n) is 9.83. The summed E-state index contributed by atoms with van der Waals surface area (Å²) in [5.41, 5.74) is 7.17. The molecule has 5 rings (SSSR count). The molecule has 31 heavy (non-hydrogen) atoms. The van der Waals surface area contributed by atoms with Crippen molar-refractivity contribution >= 4 is 38.4 Å². The van der Waals surface area contributed by atoms with Crippen LogP contribution in [0.25, 0.3) is 21.5 Å². The Kier molecular flexibility index (Phi) is 5.05. The molecular weight excluding hydrogens is 412 g/mol. The molecule has 7 nitrogen and oxygen atoms in total. The third kappa shape index (κ3) is 3.97. The molecule has 0 fully saturated rings. The second-order valence-corrected chi connectivity index (χ2v) is 8.06. The predicted molar refractivity (Wildman–Crippen MR) is 121 cm³/mol. The van der Waals surface area contributed by atoms with Crippen LogP contribution in [0.3, 0.4) is 0 Å². The van der Waals surface area contributed by atoms with E-state index in [4.69, 9.17) is 4.74 Å². The number of rotatable bonds is 4. The number of carboxylic acids is 1. The molecule has 3 heterocycles. The lowest BCUT2D eigenvalue weighted by atomic mass is 10.0. The Morgan fingerprint density at radius 2 is 2.00 bits per heavy atom. The van der Waals surface area contributed by atoms with Gasteiger partial charge >= 0.3 is 5.97 Å². The molecule has 154 valence electrons. The molecule has 0 atom stereocenters. The van der Waals surface area contributed by atoms with E-state index in [9.17, 15) is 9.90 Å². The van der Waals surface area contributed by atoms with Gasteiger partial charge in [0.25, 0.3) is 0 Å². The lowest BCUT2D eigenvalue weighted by Crippen LogP contribution is -2.05. The fraction of sp³-hybridized carbons (Fsp3) is 0.130. The van der Waals surface area contributed by atoms with E-state index >= 15 is 0 Å². The Balaban J connectivity index is 1.50. The SMILES string of the molecule is O=C(O)c1cccc(-c2ccc3c(c2)/C(=N\Nc2nc4ccccc4s2)CCCO3)n1. The standard InChI is InChI=1S/C23H18N4O3S/c28-22(29)19-7-3-6-16(24-19)14-10-11-20-15(13-14)17(8-4-12-30-20)26-27-23-25-18-5-1-2-9-21(18)31-23/h1-3,5-7,9-11,13H,4,8,12H2,(H,25,27)(H,28,29)/b26-17-. The van der Waals surface area contributed by atoms with E-state index in [0.717, 1.165) is 50.8 Å². The van der Waals surface area contributed by atoms with Crippen molar-refractivity contribution in [3.63, 3.8) is 0 Å². The average molecular weight is 430 g/mol. The number of hydrogen-bond acceptors (Lipinski definition) is 7. The summed E-state index contributed by atoms with van der Waals surface area (Å²) >= 11 is 1.55. The number of fused-ring (bicyclic) bond motifs is 2. The van der Waals surface area contributed by atoms with Gasteiger partial charge in [-0.2, -0.15) is 5.10 Å². The van der Waals surface area contributed by atoms with E-state index in [2.05, 4.69) is 20.5 Å². The van der Waals surface area contributed by atoms with Crippen LogP contribution in [0.15, 0.2) is 65.8 Å². The number of anilines is 1. The van der Waals surface area contributed by atoms with Gasteiger partial charge in [0.15, 0.2) is 0 Å². The molecule has 0 saturated heterocycles. The van der Waals surface area contributed by atoms with Gasteiger partial charge in [-0.15, -0.1) is 0 Å². The van der Waals surface area contributed by atoms with E-state index in [1.807, 2.05) is 42.5 Å². The molecule has 0 aliphatic carbocycles. The molecule has 2 N–H and O–H groups in total. The van der Waals surface area contributed by atoms with Gasteiger partial charge in [0, 0.05) is 11.1 Å². The van der Waals surface area contributed by atoms with Gasteiger partial charge in [0.2, 0.25) is 5.13 Å². The molecule has 4 aromatic rings. The number of hydrogen-bond donors (Lipinski definition) is 2. The van der Waals surface area contributed by atoms with Gasteiger partial charge in [0.05, 0.1) is 28.2 Å². The van der Waals surface area contributed by atoms with Crippen LogP contribution < -0.4 is 10.2 Å². The lowest BCUT2D eigenvalue weighted by Gasteiger charge is -2.11. The summed E-state index contributed by atoms with van der Waals surface area (Å²) in [6.07, 6.45) is 1.59. The van der Waals surface area contributed by atoms with Crippen molar-refractivity contribution in [2.24, 2.45) is 5.10 Å². The zero-order valence-electron chi connectivity index (χ0n) is 16.4. The van der Waals surface area contributed by atoms with Crippen molar-refractivity contribution < 1.29 is 14.6 Å². The lowest BCUT2D eigenvalue weighted by molar-refractivity contribution is 0.0690. The van der Waals surface area contributed by atoms with E-state index in [1.165, 1.54) is 6.07 Å². The van der Waals surface area contributed by atoms with Crippen molar-refractivity contribution in [2.75, 3.05) is 12.0 Å². The van der Waals surface area contributed by atoms with Gasteiger partial charge < -0.3 is 9.84 Å². The van der Waals surface area contributed by atoms with Crippen LogP contribution in [-0.4, -0.2) is 33.4 Å². The molecule has 8 heteroatoms. The Morgan fingerprint density at radius 1 is 1.10 bits per heavy atom. The summed E-state index contributed by atoms with van der Waals surface area (Å²) in [5, 5.41) is 14.6. The highest BCUT2D eigenvalue weighted by atomic mass is 32.1. The molecule has 0 unspecified atom stereocenters. The first-order valence-corrected chi connectivity index (χ1v) is 10.6. The number of para-hydroxylation sites is 1. The highest BCUT2D eigenvalue weighted by molar-refractivity contribution is 7.22. The molecule has 2 aromatic heterocycles. The topological polar surface area (TPSA) is 96.7 Å². The highest BCUT2D eigenvalue weighted by Gasteiger charge is 2.18. The monoisotopic (exact) mass is 430 g/mol. The summed E-state index contributed by atoms with van der Waals surface area (Å²) in [5.74, 6) is -0.303. The minimum absolute atomic E-state index is 0.00934. The quantitative estimate of drug-likeness (QED) is 0.440. The highest BCUT2D eigenvalue weighted by Crippen LogP contribution is 2.31. The maximum Gasteiger partial charge on any atom is 0.354 e. The summed E-state index contributed by atoms with van der Waals surface area (Å²) < 4.78 is 6.99. The first-order chi connectivity index (χ1) is 15.2. The molecule has 0 saturated carbocycles. The number of aromatic carboxylic acids is 1. The van der Waals surface area contributed by atoms with Crippen molar-refractivity contribution in [3.8, 4) is 17.0 Å². The van der Waals surface area contributed by atoms with Gasteiger partial charge in [0.1, 0.15) is 11.4 Å². The summed E-state index contributed by atoms with van der Waals surface area (Å²) in [6, 6.07) is 18.7. The smallest absolute Gasteiger partial charge is 0.354 e. The van der Waals surface area contributed by atoms with Crippen LogP contribution in [0.5, 0.6) is 5.75 Å². The number of carbonyl (C=O) groups is 1. The van der Waals surface area contributed by atoms with Gasteiger partial charge in [-0.25, -0.2) is 14.8 Å². The first kappa shape index (κ1) is 19.2. The average Bonchev–Trinajstić information content (AvgIpc) is 3.11. The third-order valence-electron chi connectivity index (χ3n) is 4.95. The number of nitrogens with zero attached hydrogens (tertiary/aromatic N) is 3. The fourth-order valence-corrected chi connectivity index (χ4v) is 4.27. The second kappa shape index (κ2) is 8.16. The fourth-order valence-electron chi connectivity index (χ4n) is 3.46. The minimum atomic E-state index is -1.05. The largest absolute Gasteiger partial charge is 0.493 e. The van der Waals surface area contributed by atoms with E-state index in [-0.39, 0.29) is 5.69 Å². The molecular formula is C23H18N4O3S. The molecule has 0 bridgehead atoms. The molecule has 1 aliphatic heterocycles. The zero-order chi connectivity index (χ0) is 21.2. The molecule has 0 spiro atoms. The number of hydrazone groups is 1. The Hall–Kier alpha value is -3.78. The zero-order valence-corrected chi connectivity index (χ0v) is 17.2. The summed E-state index contributed by atoms with van der Waals surface area (Å²) in [4.78, 5) is 20.1. The number of ether oxygens (including phenoxy) is 1. The number of aromatic nitrogens is 2. The van der Waals surface area contributed by atoms with Crippen LogP contribution in [0.4, 0.5) is 5.13 Å². The van der Waals surface area contributed by atoms with E-state index in [1.54, 1.807) is 23.5 Å². The van der Waals surface area contributed by atoms with Gasteiger partial charge in [-0.1, -0.05) is 29.5 Å². The molecule has 1 aliphatic rings. The van der Waals surface area contributed by atoms with Gasteiger partial charge in [-0.3, -0.25) is 5.43 Å². The van der Waals surface area contributed by atoms with Crippen LogP contribution in [-0.2, 0) is 0 Å². The molecule has 2 aromatic carbocycles. The van der Waals surface area contributed by atoms with Crippen molar-refractivity contribution in [2.45, 2.75) is 12.8 Å². The van der Waals surface area contributed by atoms with Crippen LogP contribution in [0.1, 0.15) is 28.9 Å². The number of benzene rings is 2.